The van der Waals surface area contributed by atoms with E-state index in [0.29, 0.717) is 11.1 Å². The molecule has 0 bridgehead atoms. The van der Waals surface area contributed by atoms with E-state index in [-0.39, 0.29) is 26.1 Å². The topological polar surface area (TPSA) is 78.4 Å². The van der Waals surface area contributed by atoms with Gasteiger partial charge in [0.25, 0.3) is 0 Å². The van der Waals surface area contributed by atoms with E-state index in [1.54, 1.807) is 0 Å². The fourth-order valence-corrected chi connectivity index (χ4v) is 1.75. The van der Waals surface area contributed by atoms with Crippen LogP contribution in [0.5, 0.6) is 0 Å². The number of nitrogens with zero attached hydrogens (tertiary/aromatic N) is 2. The average Bonchev–Trinajstić information content (AvgIpc) is 2.56. The Balaban J connectivity index is 1.66. The summed E-state index contributed by atoms with van der Waals surface area (Å²) in [5.74, 6) is -2.30. The third-order valence-electron chi connectivity index (χ3n) is 2.86. The Morgan fingerprint density at radius 1 is 0.792 bits per heavy atom. The number of hydrogen-bond donors (Lipinski definition) is 0. The van der Waals surface area contributed by atoms with Gasteiger partial charge in [-0.3, -0.25) is 19.6 Å². The molecule has 0 aliphatic rings. The molecule has 126 valence electrons. The minimum Gasteiger partial charge on any atom is -0.461 e. The lowest BCUT2D eigenvalue weighted by atomic mass is 10.3. The van der Waals surface area contributed by atoms with E-state index in [4.69, 9.17) is 9.47 Å². The van der Waals surface area contributed by atoms with Crippen molar-refractivity contribution < 1.29 is 27.8 Å². The van der Waals surface area contributed by atoms with Crippen LogP contribution < -0.4 is 0 Å². The average molecular weight is 336 g/mol. The lowest BCUT2D eigenvalue weighted by Crippen LogP contribution is -2.10. The molecule has 0 saturated carbocycles. The number of carbonyl (C=O) groups excluding carboxylic acids is 2. The van der Waals surface area contributed by atoms with Crippen molar-refractivity contribution in [1.29, 1.82) is 0 Å². The maximum absolute atomic E-state index is 12.9. The number of ether oxygens (including phenoxy) is 2. The Hall–Kier alpha value is -2.90. The lowest BCUT2D eigenvalue weighted by Gasteiger charge is -2.06. The number of esters is 2. The fraction of sp³-hybridized carbons (Fsp3) is 0.250. The van der Waals surface area contributed by atoms with Gasteiger partial charge in [-0.1, -0.05) is 0 Å². The highest BCUT2D eigenvalue weighted by molar-refractivity contribution is 5.77. The van der Waals surface area contributed by atoms with Crippen LogP contribution in [0.2, 0.25) is 0 Å². The summed E-state index contributed by atoms with van der Waals surface area (Å²) in [7, 11) is 0. The summed E-state index contributed by atoms with van der Waals surface area (Å²) in [4.78, 5) is 30.3. The zero-order chi connectivity index (χ0) is 17.4. The van der Waals surface area contributed by atoms with Crippen LogP contribution in [0.15, 0.2) is 36.9 Å². The predicted octanol–water partition coefficient (Wildman–Crippen LogP) is 2.32. The highest BCUT2D eigenvalue weighted by atomic mass is 19.1. The smallest absolute Gasteiger partial charge is 0.306 e. The molecule has 0 amide bonds. The first-order valence-electron chi connectivity index (χ1n) is 7.03. The SMILES string of the molecule is O=C(CCC(=O)OCc1cncc(F)c1)OCc1cncc(F)c1. The van der Waals surface area contributed by atoms with E-state index < -0.39 is 23.6 Å². The monoisotopic (exact) mass is 336 g/mol. The lowest BCUT2D eigenvalue weighted by molar-refractivity contribution is -0.151. The molecule has 2 aromatic heterocycles. The highest BCUT2D eigenvalue weighted by Gasteiger charge is 2.10. The van der Waals surface area contributed by atoms with E-state index in [0.717, 1.165) is 12.4 Å². The van der Waals surface area contributed by atoms with Crippen LogP contribution in [-0.2, 0) is 32.3 Å². The predicted molar refractivity (Wildman–Crippen MR) is 77.2 cm³/mol. The van der Waals surface area contributed by atoms with Crippen molar-refractivity contribution in [2.24, 2.45) is 0 Å². The van der Waals surface area contributed by atoms with Gasteiger partial charge in [0.15, 0.2) is 0 Å². The second kappa shape index (κ2) is 8.66. The summed E-state index contributed by atoms with van der Waals surface area (Å²) in [6.07, 6.45) is 4.46. The zero-order valence-corrected chi connectivity index (χ0v) is 12.6. The second-order valence-corrected chi connectivity index (χ2v) is 4.84. The van der Waals surface area contributed by atoms with Crippen LogP contribution >= 0.6 is 0 Å². The van der Waals surface area contributed by atoms with Crippen molar-refractivity contribution in [3.8, 4) is 0 Å². The molecule has 0 aliphatic carbocycles. The Kier molecular flexibility index (Phi) is 6.30. The molecule has 24 heavy (non-hydrogen) atoms. The molecular formula is C16H14F2N2O4. The minimum absolute atomic E-state index is 0.131. The normalized spacial score (nSPS) is 10.2. The van der Waals surface area contributed by atoms with Crippen LogP contribution in [-0.4, -0.2) is 21.9 Å². The molecule has 2 heterocycles. The van der Waals surface area contributed by atoms with Gasteiger partial charge in [0.2, 0.25) is 0 Å². The van der Waals surface area contributed by atoms with E-state index in [9.17, 15) is 18.4 Å². The van der Waals surface area contributed by atoms with Crippen LogP contribution in [0.1, 0.15) is 24.0 Å². The summed E-state index contributed by atoms with van der Waals surface area (Å²) < 4.78 is 35.6. The number of halogens is 2. The zero-order valence-electron chi connectivity index (χ0n) is 12.6. The maximum Gasteiger partial charge on any atom is 0.306 e. The van der Waals surface area contributed by atoms with Gasteiger partial charge in [-0.15, -0.1) is 0 Å². The van der Waals surface area contributed by atoms with Gasteiger partial charge >= 0.3 is 11.9 Å². The first kappa shape index (κ1) is 17.5. The summed E-state index contributed by atoms with van der Waals surface area (Å²) >= 11 is 0. The first-order valence-corrected chi connectivity index (χ1v) is 7.03. The number of hydrogen-bond acceptors (Lipinski definition) is 6. The Morgan fingerprint density at radius 3 is 1.58 bits per heavy atom. The van der Waals surface area contributed by atoms with Gasteiger partial charge in [0.1, 0.15) is 24.8 Å². The molecule has 0 aliphatic heterocycles. The van der Waals surface area contributed by atoms with Crippen LogP contribution in [0.3, 0.4) is 0 Å². The number of rotatable bonds is 7. The Bertz CT molecular complexity index is 663. The molecule has 0 N–H and O–H groups in total. The molecular weight excluding hydrogens is 322 g/mol. The molecule has 0 aromatic carbocycles. The van der Waals surface area contributed by atoms with Gasteiger partial charge in [0.05, 0.1) is 25.2 Å². The number of aromatic nitrogens is 2. The van der Waals surface area contributed by atoms with Gasteiger partial charge in [0, 0.05) is 23.5 Å². The fourth-order valence-electron chi connectivity index (χ4n) is 1.75. The van der Waals surface area contributed by atoms with Crippen LogP contribution in [0.25, 0.3) is 0 Å². The van der Waals surface area contributed by atoms with E-state index in [2.05, 4.69) is 9.97 Å². The molecule has 2 rings (SSSR count). The van der Waals surface area contributed by atoms with E-state index in [1.165, 1.54) is 24.5 Å². The van der Waals surface area contributed by atoms with Crippen molar-refractivity contribution in [2.45, 2.75) is 26.1 Å². The summed E-state index contributed by atoms with van der Waals surface area (Å²) in [5, 5.41) is 0. The summed E-state index contributed by atoms with van der Waals surface area (Å²) in [6, 6.07) is 2.39. The van der Waals surface area contributed by atoms with Crippen molar-refractivity contribution in [3.05, 3.63) is 59.7 Å². The van der Waals surface area contributed by atoms with Gasteiger partial charge in [-0.2, -0.15) is 0 Å². The third-order valence-corrected chi connectivity index (χ3v) is 2.86. The van der Waals surface area contributed by atoms with Crippen molar-refractivity contribution in [3.63, 3.8) is 0 Å². The number of carbonyl (C=O) groups is 2. The molecule has 0 unspecified atom stereocenters. The Labute approximate surface area is 136 Å². The van der Waals surface area contributed by atoms with Gasteiger partial charge in [-0.25, -0.2) is 8.78 Å². The van der Waals surface area contributed by atoms with Gasteiger partial charge < -0.3 is 9.47 Å². The van der Waals surface area contributed by atoms with Crippen LogP contribution in [0, 0.1) is 11.6 Å². The first-order chi connectivity index (χ1) is 11.5. The van der Waals surface area contributed by atoms with E-state index >= 15 is 0 Å². The summed E-state index contributed by atoms with van der Waals surface area (Å²) in [5.41, 5.74) is 0.814. The highest BCUT2D eigenvalue weighted by Crippen LogP contribution is 2.06. The Morgan fingerprint density at radius 2 is 1.21 bits per heavy atom. The molecule has 0 spiro atoms. The standard InChI is InChI=1S/C16H14F2N2O4/c17-13-3-11(5-19-7-13)9-23-15(21)1-2-16(22)24-10-12-4-14(18)8-20-6-12/h3-8H,1-2,9-10H2. The molecule has 2 aromatic rings. The van der Waals surface area contributed by atoms with Gasteiger partial charge in [-0.05, 0) is 12.1 Å². The molecule has 0 saturated heterocycles. The molecule has 0 atom stereocenters. The second-order valence-electron chi connectivity index (χ2n) is 4.84. The molecule has 6 nitrogen and oxygen atoms in total. The molecule has 0 fully saturated rings. The van der Waals surface area contributed by atoms with Crippen molar-refractivity contribution in [2.75, 3.05) is 0 Å². The molecule has 0 radical (unpaired) electrons. The quantitative estimate of drug-likeness (QED) is 0.722. The largest absolute Gasteiger partial charge is 0.461 e. The third kappa shape index (κ3) is 6.07. The van der Waals surface area contributed by atoms with Crippen molar-refractivity contribution in [1.82, 2.24) is 9.97 Å². The van der Waals surface area contributed by atoms with Crippen LogP contribution in [0.4, 0.5) is 8.78 Å². The van der Waals surface area contributed by atoms with Crippen molar-refractivity contribution >= 4 is 11.9 Å². The van der Waals surface area contributed by atoms with E-state index in [1.807, 2.05) is 0 Å². The molecule has 8 heteroatoms. The maximum atomic E-state index is 12.9. The number of pyridine rings is 2. The summed E-state index contributed by atoms with van der Waals surface area (Å²) in [6.45, 7) is -0.263. The minimum atomic E-state index is -0.622.